The van der Waals surface area contributed by atoms with Gasteiger partial charge in [0.05, 0.1) is 5.57 Å². The van der Waals surface area contributed by atoms with Crippen molar-refractivity contribution in [2.24, 2.45) is 5.92 Å². The molecule has 5 heteroatoms. The summed E-state index contributed by atoms with van der Waals surface area (Å²) >= 11 is 1.54. The largest absolute Gasteiger partial charge is 0.366 e. The second kappa shape index (κ2) is 7.51. The zero-order valence-electron chi connectivity index (χ0n) is 14.6. The van der Waals surface area contributed by atoms with Crippen LogP contribution in [0.1, 0.15) is 50.8 Å². The first-order valence-electron chi connectivity index (χ1n) is 9.02. The summed E-state index contributed by atoms with van der Waals surface area (Å²) in [5.41, 5.74) is 1.27. The molecule has 0 radical (unpaired) electrons. The highest BCUT2D eigenvalue weighted by molar-refractivity contribution is 7.11. The SMILES string of the molecule is CCCCCN1C(=O)C(c2cccs2)=C(N2CCCC(C)C2)C1=O. The van der Waals surface area contributed by atoms with Gasteiger partial charge in [-0.25, -0.2) is 0 Å². The number of likely N-dealkylation sites (tertiary alicyclic amines) is 1. The summed E-state index contributed by atoms with van der Waals surface area (Å²) in [7, 11) is 0. The monoisotopic (exact) mass is 346 g/mol. The van der Waals surface area contributed by atoms with E-state index in [1.54, 1.807) is 11.3 Å². The van der Waals surface area contributed by atoms with E-state index >= 15 is 0 Å². The summed E-state index contributed by atoms with van der Waals surface area (Å²) < 4.78 is 0. The first-order valence-corrected chi connectivity index (χ1v) is 9.90. The standard InChI is InChI=1S/C19H26N2O2S/c1-3-4-5-11-21-18(22)16(15-9-7-12-24-15)17(19(21)23)20-10-6-8-14(2)13-20/h7,9,12,14H,3-6,8,10-11,13H2,1-2H3. The Balaban J connectivity index is 1.92. The number of piperidine rings is 1. The van der Waals surface area contributed by atoms with Gasteiger partial charge in [-0.2, -0.15) is 0 Å². The van der Waals surface area contributed by atoms with Crippen LogP contribution in [0.25, 0.3) is 5.57 Å². The van der Waals surface area contributed by atoms with Gasteiger partial charge in [-0.05, 0) is 36.6 Å². The lowest BCUT2D eigenvalue weighted by Crippen LogP contribution is -2.39. The Morgan fingerprint density at radius 3 is 2.75 bits per heavy atom. The van der Waals surface area contributed by atoms with Crippen LogP contribution in [0.15, 0.2) is 23.2 Å². The molecule has 1 unspecified atom stereocenters. The number of rotatable bonds is 6. The molecule has 1 atom stereocenters. The lowest BCUT2D eigenvalue weighted by atomic mass is 9.99. The van der Waals surface area contributed by atoms with Gasteiger partial charge in [0, 0.05) is 24.5 Å². The molecule has 1 aromatic heterocycles. The van der Waals surface area contributed by atoms with Crippen LogP contribution in [0.2, 0.25) is 0 Å². The number of hydrogen-bond acceptors (Lipinski definition) is 4. The summed E-state index contributed by atoms with van der Waals surface area (Å²) in [5, 5.41) is 1.97. The first-order chi connectivity index (χ1) is 11.6. The maximum Gasteiger partial charge on any atom is 0.277 e. The van der Waals surface area contributed by atoms with Crippen molar-refractivity contribution in [2.45, 2.75) is 46.0 Å². The molecule has 0 saturated carbocycles. The highest BCUT2D eigenvalue weighted by Gasteiger charge is 2.42. The van der Waals surface area contributed by atoms with Crippen LogP contribution in [0.4, 0.5) is 0 Å². The average Bonchev–Trinajstić information content (AvgIpc) is 3.16. The van der Waals surface area contributed by atoms with Crippen molar-refractivity contribution in [1.29, 1.82) is 0 Å². The highest BCUT2D eigenvalue weighted by Crippen LogP contribution is 2.35. The smallest absolute Gasteiger partial charge is 0.277 e. The summed E-state index contributed by atoms with van der Waals surface area (Å²) in [4.78, 5) is 30.5. The zero-order chi connectivity index (χ0) is 17.1. The van der Waals surface area contributed by atoms with Gasteiger partial charge in [-0.1, -0.05) is 32.8 Å². The first kappa shape index (κ1) is 17.2. The highest BCUT2D eigenvalue weighted by atomic mass is 32.1. The molecule has 0 aromatic carbocycles. The minimum atomic E-state index is -0.105. The van der Waals surface area contributed by atoms with Crippen LogP contribution < -0.4 is 0 Å². The van der Waals surface area contributed by atoms with Crippen molar-refractivity contribution in [3.8, 4) is 0 Å². The maximum atomic E-state index is 13.0. The fourth-order valence-electron chi connectivity index (χ4n) is 3.62. The van der Waals surface area contributed by atoms with Crippen molar-refractivity contribution < 1.29 is 9.59 Å². The molecule has 0 aliphatic carbocycles. The molecule has 0 spiro atoms. The van der Waals surface area contributed by atoms with E-state index in [1.807, 2.05) is 17.5 Å². The summed E-state index contributed by atoms with van der Waals surface area (Å²) in [6.07, 6.45) is 5.29. The van der Waals surface area contributed by atoms with Gasteiger partial charge in [-0.15, -0.1) is 11.3 Å². The van der Waals surface area contributed by atoms with Crippen molar-refractivity contribution in [2.75, 3.05) is 19.6 Å². The predicted molar refractivity (Wildman–Crippen MR) is 97.5 cm³/mol. The van der Waals surface area contributed by atoms with Crippen molar-refractivity contribution in [3.63, 3.8) is 0 Å². The molecule has 1 fully saturated rings. The van der Waals surface area contributed by atoms with Crippen LogP contribution in [0.3, 0.4) is 0 Å². The molecule has 130 valence electrons. The Morgan fingerprint density at radius 1 is 1.25 bits per heavy atom. The normalized spacial score (nSPS) is 22.0. The molecule has 2 aliphatic heterocycles. The van der Waals surface area contributed by atoms with E-state index in [9.17, 15) is 9.59 Å². The van der Waals surface area contributed by atoms with Gasteiger partial charge in [0.15, 0.2) is 0 Å². The van der Waals surface area contributed by atoms with E-state index in [0.29, 0.717) is 23.7 Å². The molecule has 1 saturated heterocycles. The van der Waals surface area contributed by atoms with Gasteiger partial charge < -0.3 is 4.90 Å². The second-order valence-corrected chi connectivity index (χ2v) is 7.81. The van der Waals surface area contributed by atoms with Gasteiger partial charge in [0.2, 0.25) is 0 Å². The van der Waals surface area contributed by atoms with E-state index in [0.717, 1.165) is 43.6 Å². The van der Waals surface area contributed by atoms with E-state index in [1.165, 1.54) is 11.3 Å². The number of imide groups is 1. The quantitative estimate of drug-likeness (QED) is 0.582. The Bertz CT molecular complexity index is 636. The Kier molecular flexibility index (Phi) is 5.39. The third-order valence-electron chi connectivity index (χ3n) is 4.87. The molecule has 2 aliphatic rings. The van der Waals surface area contributed by atoms with E-state index < -0.39 is 0 Å². The minimum Gasteiger partial charge on any atom is -0.366 e. The number of carbonyl (C=O) groups is 2. The fraction of sp³-hybridized carbons (Fsp3) is 0.579. The number of thiophene rings is 1. The topological polar surface area (TPSA) is 40.6 Å². The molecule has 4 nitrogen and oxygen atoms in total. The van der Waals surface area contributed by atoms with Crippen molar-refractivity contribution in [1.82, 2.24) is 9.80 Å². The Morgan fingerprint density at radius 2 is 2.08 bits per heavy atom. The van der Waals surface area contributed by atoms with Crippen molar-refractivity contribution in [3.05, 3.63) is 28.1 Å². The number of amides is 2. The number of carbonyl (C=O) groups excluding carboxylic acids is 2. The van der Waals surface area contributed by atoms with E-state index in [-0.39, 0.29) is 11.8 Å². The third kappa shape index (κ3) is 3.27. The molecule has 2 amide bonds. The van der Waals surface area contributed by atoms with Crippen LogP contribution in [-0.4, -0.2) is 41.2 Å². The van der Waals surface area contributed by atoms with Gasteiger partial charge >= 0.3 is 0 Å². The lowest BCUT2D eigenvalue weighted by molar-refractivity contribution is -0.137. The van der Waals surface area contributed by atoms with E-state index in [2.05, 4.69) is 18.7 Å². The average molecular weight is 346 g/mol. The lowest BCUT2D eigenvalue weighted by Gasteiger charge is -2.33. The minimum absolute atomic E-state index is 0.0893. The van der Waals surface area contributed by atoms with Gasteiger partial charge in [0.1, 0.15) is 5.70 Å². The van der Waals surface area contributed by atoms with Crippen LogP contribution in [0, 0.1) is 5.92 Å². The van der Waals surface area contributed by atoms with Gasteiger partial charge in [0.25, 0.3) is 11.8 Å². The molecule has 0 bridgehead atoms. The van der Waals surface area contributed by atoms with Crippen LogP contribution >= 0.6 is 11.3 Å². The maximum absolute atomic E-state index is 13.0. The molecule has 3 rings (SSSR count). The van der Waals surface area contributed by atoms with Gasteiger partial charge in [-0.3, -0.25) is 14.5 Å². The van der Waals surface area contributed by atoms with Crippen LogP contribution in [-0.2, 0) is 9.59 Å². The zero-order valence-corrected chi connectivity index (χ0v) is 15.4. The predicted octanol–water partition coefficient (Wildman–Crippen LogP) is 3.75. The summed E-state index contributed by atoms with van der Waals surface area (Å²) in [6, 6.07) is 3.90. The molecule has 3 heterocycles. The molecular weight excluding hydrogens is 320 g/mol. The number of hydrogen-bond donors (Lipinski definition) is 0. The summed E-state index contributed by atoms with van der Waals surface area (Å²) in [6.45, 7) is 6.62. The van der Waals surface area contributed by atoms with E-state index in [4.69, 9.17) is 0 Å². The second-order valence-electron chi connectivity index (χ2n) is 6.86. The third-order valence-corrected chi connectivity index (χ3v) is 5.76. The fourth-order valence-corrected chi connectivity index (χ4v) is 4.38. The Labute approximate surface area is 148 Å². The van der Waals surface area contributed by atoms with Crippen molar-refractivity contribution >= 4 is 28.7 Å². The number of unbranched alkanes of at least 4 members (excludes halogenated alkanes) is 2. The summed E-state index contributed by atoms with van der Waals surface area (Å²) in [5.74, 6) is 0.369. The van der Waals surface area contributed by atoms with Crippen LogP contribution in [0.5, 0.6) is 0 Å². The molecular formula is C19H26N2O2S. The number of nitrogens with zero attached hydrogens (tertiary/aromatic N) is 2. The Hall–Kier alpha value is -1.62. The molecule has 0 N–H and O–H groups in total. The molecule has 1 aromatic rings. The molecule has 24 heavy (non-hydrogen) atoms.